The molecule has 0 aliphatic heterocycles. The van der Waals surface area contributed by atoms with Crippen LogP contribution in [0, 0.1) is 0 Å². The molecule has 1 atom stereocenters. The lowest BCUT2D eigenvalue weighted by molar-refractivity contribution is 0.532. The SMILES string of the molecule is CCCn1ncnc1CCC(N)CC. The van der Waals surface area contributed by atoms with Gasteiger partial charge in [0, 0.05) is 19.0 Å². The van der Waals surface area contributed by atoms with Gasteiger partial charge in [-0.2, -0.15) is 5.10 Å². The van der Waals surface area contributed by atoms with E-state index in [4.69, 9.17) is 5.73 Å². The van der Waals surface area contributed by atoms with Gasteiger partial charge in [-0.1, -0.05) is 13.8 Å². The first kappa shape index (κ1) is 11.2. The Hall–Kier alpha value is -0.900. The molecule has 0 saturated carbocycles. The fraction of sp³-hybridized carbons (Fsp3) is 0.800. The topological polar surface area (TPSA) is 56.7 Å². The van der Waals surface area contributed by atoms with E-state index in [1.807, 2.05) is 4.68 Å². The Balaban J connectivity index is 2.45. The van der Waals surface area contributed by atoms with Crippen LogP contribution in [0.1, 0.15) is 38.9 Å². The molecule has 0 aliphatic rings. The second kappa shape index (κ2) is 5.75. The van der Waals surface area contributed by atoms with Gasteiger partial charge in [-0.3, -0.25) is 4.68 Å². The van der Waals surface area contributed by atoms with Gasteiger partial charge in [-0.05, 0) is 19.3 Å². The van der Waals surface area contributed by atoms with Gasteiger partial charge < -0.3 is 5.73 Å². The summed E-state index contributed by atoms with van der Waals surface area (Å²) in [6.45, 7) is 5.21. The normalized spacial score (nSPS) is 13.1. The summed E-state index contributed by atoms with van der Waals surface area (Å²) in [6.07, 6.45) is 5.69. The molecule has 1 aromatic rings. The third-order valence-electron chi connectivity index (χ3n) is 2.39. The van der Waals surface area contributed by atoms with E-state index in [0.29, 0.717) is 6.04 Å². The second-order valence-electron chi connectivity index (χ2n) is 3.61. The lowest BCUT2D eigenvalue weighted by Gasteiger charge is -2.08. The maximum Gasteiger partial charge on any atom is 0.138 e. The average Bonchev–Trinajstić information content (AvgIpc) is 2.62. The van der Waals surface area contributed by atoms with E-state index < -0.39 is 0 Å². The molecule has 1 unspecified atom stereocenters. The highest BCUT2D eigenvalue weighted by molar-refractivity contribution is 4.85. The van der Waals surface area contributed by atoms with Crippen LogP contribution in [0.3, 0.4) is 0 Å². The smallest absolute Gasteiger partial charge is 0.138 e. The Kier molecular flexibility index (Phi) is 4.59. The molecule has 0 aliphatic carbocycles. The van der Waals surface area contributed by atoms with Crippen molar-refractivity contribution in [1.29, 1.82) is 0 Å². The quantitative estimate of drug-likeness (QED) is 0.747. The van der Waals surface area contributed by atoms with Crippen LogP contribution in [0.4, 0.5) is 0 Å². The van der Waals surface area contributed by atoms with Gasteiger partial charge in [0.2, 0.25) is 0 Å². The first-order valence-electron chi connectivity index (χ1n) is 5.40. The molecule has 0 aromatic carbocycles. The van der Waals surface area contributed by atoms with Crippen LogP contribution in [-0.4, -0.2) is 20.8 Å². The van der Waals surface area contributed by atoms with Crippen LogP contribution in [0.15, 0.2) is 6.33 Å². The molecule has 80 valence electrons. The zero-order valence-electron chi connectivity index (χ0n) is 9.11. The van der Waals surface area contributed by atoms with Crippen LogP contribution in [-0.2, 0) is 13.0 Å². The summed E-state index contributed by atoms with van der Waals surface area (Å²) in [5.74, 6) is 1.07. The van der Waals surface area contributed by atoms with Crippen molar-refractivity contribution in [3.8, 4) is 0 Å². The molecule has 14 heavy (non-hydrogen) atoms. The minimum Gasteiger partial charge on any atom is -0.328 e. The van der Waals surface area contributed by atoms with Crippen LogP contribution < -0.4 is 5.73 Å². The molecule has 2 N–H and O–H groups in total. The molecule has 0 spiro atoms. The monoisotopic (exact) mass is 196 g/mol. The summed E-state index contributed by atoms with van der Waals surface area (Å²) in [7, 11) is 0. The van der Waals surface area contributed by atoms with Crippen molar-refractivity contribution in [3.63, 3.8) is 0 Å². The third-order valence-corrected chi connectivity index (χ3v) is 2.39. The highest BCUT2D eigenvalue weighted by Crippen LogP contribution is 2.03. The van der Waals surface area contributed by atoms with Crippen molar-refractivity contribution >= 4 is 0 Å². The van der Waals surface area contributed by atoms with Crippen LogP contribution in [0.5, 0.6) is 0 Å². The summed E-state index contributed by atoms with van der Waals surface area (Å²) in [5, 5.41) is 4.17. The standard InChI is InChI=1S/C10H20N4/c1-3-7-14-10(12-8-13-14)6-5-9(11)4-2/h8-9H,3-7,11H2,1-2H3. The molecule has 4 heteroatoms. The maximum atomic E-state index is 5.86. The van der Waals surface area contributed by atoms with Crippen molar-refractivity contribution in [2.75, 3.05) is 0 Å². The van der Waals surface area contributed by atoms with Gasteiger partial charge in [0.15, 0.2) is 0 Å². The van der Waals surface area contributed by atoms with Crippen molar-refractivity contribution in [2.45, 2.75) is 52.1 Å². The van der Waals surface area contributed by atoms with Crippen molar-refractivity contribution in [1.82, 2.24) is 14.8 Å². The summed E-state index contributed by atoms with van der Waals surface area (Å²) >= 11 is 0. The first-order chi connectivity index (χ1) is 6.77. The molecule has 1 rings (SSSR count). The zero-order chi connectivity index (χ0) is 10.4. The summed E-state index contributed by atoms with van der Waals surface area (Å²) in [5.41, 5.74) is 5.86. The number of rotatable bonds is 6. The second-order valence-corrected chi connectivity index (χ2v) is 3.61. The molecule has 4 nitrogen and oxygen atoms in total. The largest absolute Gasteiger partial charge is 0.328 e. The molecular weight excluding hydrogens is 176 g/mol. The van der Waals surface area contributed by atoms with Crippen molar-refractivity contribution < 1.29 is 0 Å². The fourth-order valence-corrected chi connectivity index (χ4v) is 1.40. The van der Waals surface area contributed by atoms with Crippen molar-refractivity contribution in [3.05, 3.63) is 12.2 Å². The van der Waals surface area contributed by atoms with Crippen LogP contribution in [0.25, 0.3) is 0 Å². The van der Waals surface area contributed by atoms with Gasteiger partial charge >= 0.3 is 0 Å². The number of aryl methyl sites for hydroxylation is 2. The summed E-state index contributed by atoms with van der Waals surface area (Å²) < 4.78 is 1.97. The molecule has 1 aromatic heterocycles. The van der Waals surface area contributed by atoms with E-state index in [9.17, 15) is 0 Å². The molecule has 0 bridgehead atoms. The predicted octanol–water partition coefficient (Wildman–Crippen LogP) is 1.36. The van der Waals surface area contributed by atoms with Gasteiger partial charge in [0.25, 0.3) is 0 Å². The van der Waals surface area contributed by atoms with Crippen LogP contribution in [0.2, 0.25) is 0 Å². The highest BCUT2D eigenvalue weighted by Gasteiger charge is 2.05. The third kappa shape index (κ3) is 3.10. The van der Waals surface area contributed by atoms with Crippen LogP contribution >= 0.6 is 0 Å². The maximum absolute atomic E-state index is 5.86. The molecule has 0 fully saturated rings. The molecule has 0 amide bonds. The zero-order valence-corrected chi connectivity index (χ0v) is 9.11. The minimum atomic E-state index is 0.293. The Morgan fingerprint density at radius 2 is 2.29 bits per heavy atom. The van der Waals surface area contributed by atoms with E-state index in [1.54, 1.807) is 6.33 Å². The first-order valence-corrected chi connectivity index (χ1v) is 5.40. The summed E-state index contributed by atoms with van der Waals surface area (Å²) in [4.78, 5) is 4.24. The van der Waals surface area contributed by atoms with E-state index in [1.165, 1.54) is 0 Å². The van der Waals surface area contributed by atoms with E-state index >= 15 is 0 Å². The molecule has 0 radical (unpaired) electrons. The van der Waals surface area contributed by atoms with Gasteiger partial charge in [0.05, 0.1) is 0 Å². The average molecular weight is 196 g/mol. The predicted molar refractivity (Wildman–Crippen MR) is 56.9 cm³/mol. The van der Waals surface area contributed by atoms with Gasteiger partial charge in [-0.25, -0.2) is 4.98 Å². The van der Waals surface area contributed by atoms with E-state index in [-0.39, 0.29) is 0 Å². The number of aromatic nitrogens is 3. The van der Waals surface area contributed by atoms with Gasteiger partial charge in [-0.15, -0.1) is 0 Å². The van der Waals surface area contributed by atoms with Gasteiger partial charge in [0.1, 0.15) is 12.2 Å². The number of nitrogens with two attached hydrogens (primary N) is 1. The Morgan fingerprint density at radius 3 is 2.93 bits per heavy atom. The van der Waals surface area contributed by atoms with E-state index in [2.05, 4.69) is 23.9 Å². The Bertz CT molecular complexity index is 256. The number of hydrogen-bond acceptors (Lipinski definition) is 3. The fourth-order valence-electron chi connectivity index (χ4n) is 1.40. The Morgan fingerprint density at radius 1 is 1.50 bits per heavy atom. The molecule has 1 heterocycles. The minimum absolute atomic E-state index is 0.293. The molecular formula is C10H20N4. The molecule has 0 saturated heterocycles. The lowest BCUT2D eigenvalue weighted by Crippen LogP contribution is -2.20. The lowest BCUT2D eigenvalue weighted by atomic mass is 10.1. The number of hydrogen-bond donors (Lipinski definition) is 1. The van der Waals surface area contributed by atoms with E-state index in [0.717, 1.165) is 38.1 Å². The summed E-state index contributed by atoms with van der Waals surface area (Å²) in [6, 6.07) is 0.293. The number of nitrogens with zero attached hydrogens (tertiary/aromatic N) is 3. The van der Waals surface area contributed by atoms with Crippen molar-refractivity contribution in [2.24, 2.45) is 5.73 Å². The highest BCUT2D eigenvalue weighted by atomic mass is 15.3. The Labute approximate surface area is 85.5 Å².